The second-order valence-electron chi connectivity index (χ2n) is 21.8. The highest BCUT2D eigenvalue weighted by Crippen LogP contribution is 2.36. The number of aliphatic hydroxyl groups is 8. The van der Waals surface area contributed by atoms with Crippen molar-refractivity contribution in [3.8, 4) is 0 Å². The Bertz CT molecular complexity index is 2450. The minimum atomic E-state index is -2.12. The van der Waals surface area contributed by atoms with E-state index in [0.29, 0.717) is 0 Å². The van der Waals surface area contributed by atoms with Crippen molar-refractivity contribution >= 4 is 59.3 Å². The molecule has 0 aromatic heterocycles. The minimum Gasteiger partial charge on any atom is -0.480 e. The van der Waals surface area contributed by atoms with E-state index in [1.807, 2.05) is 0 Å². The summed E-state index contributed by atoms with van der Waals surface area (Å²) in [4.78, 5) is 126. The Labute approximate surface area is 512 Å². The number of hydrogen-bond donors (Lipinski definition) is 20. The normalized spacial score (nSPS) is 33.9. The van der Waals surface area contributed by atoms with Crippen LogP contribution >= 0.6 is 0 Å². The van der Waals surface area contributed by atoms with Crippen LogP contribution in [-0.2, 0) is 90.6 Å². The Balaban J connectivity index is 1.60. The molecule has 0 aromatic carbocycles. The van der Waals surface area contributed by atoms with Crippen LogP contribution in [0.2, 0.25) is 0 Å². The lowest BCUT2D eigenvalue weighted by atomic mass is 9.93. The lowest BCUT2D eigenvalue weighted by Crippen LogP contribution is -2.72. The summed E-state index contributed by atoms with van der Waals surface area (Å²) in [5.41, 5.74) is 11.6. The predicted octanol–water partition coefficient (Wildman–Crippen LogP) is -10.4. The van der Waals surface area contributed by atoms with Gasteiger partial charge in [-0.05, 0) is 46.5 Å². The van der Waals surface area contributed by atoms with Crippen molar-refractivity contribution in [1.82, 2.24) is 31.9 Å². The van der Waals surface area contributed by atoms with Crippen LogP contribution in [0, 0.1) is 0 Å². The molecule has 0 spiro atoms. The van der Waals surface area contributed by atoms with Crippen molar-refractivity contribution in [2.24, 2.45) is 11.5 Å². The van der Waals surface area contributed by atoms with Gasteiger partial charge in [-0.2, -0.15) is 0 Å². The molecule has 4 aliphatic heterocycles. The van der Waals surface area contributed by atoms with Gasteiger partial charge in [0.05, 0.1) is 32.5 Å². The molecule has 90 heavy (non-hydrogen) atoms. The first-order chi connectivity index (χ1) is 42.2. The molecule has 4 rings (SSSR count). The van der Waals surface area contributed by atoms with E-state index in [1.165, 1.54) is 0 Å². The molecule has 39 nitrogen and oxygen atoms in total. The summed E-state index contributed by atoms with van der Waals surface area (Å²) in [5.74, 6) is -11.7. The molecule has 0 aromatic rings. The molecule has 0 radical (unpaired) electrons. The number of carbonyl (C=O) groups is 10. The van der Waals surface area contributed by atoms with Crippen molar-refractivity contribution in [3.05, 3.63) is 0 Å². The lowest BCUT2D eigenvalue weighted by Gasteiger charge is -2.51. The summed E-state index contributed by atoms with van der Waals surface area (Å²) in [7, 11) is 0. The summed E-state index contributed by atoms with van der Waals surface area (Å²) in [6.45, 7) is 2.31. The highest BCUT2D eigenvalue weighted by Gasteiger charge is 2.57. The van der Waals surface area contributed by atoms with Crippen LogP contribution in [0.5, 0.6) is 0 Å². The van der Waals surface area contributed by atoms with Gasteiger partial charge in [-0.3, -0.25) is 33.6 Å². The van der Waals surface area contributed by atoms with Crippen LogP contribution in [0.25, 0.3) is 0 Å². The monoisotopic (exact) mass is 1300 g/mol. The number of aliphatic hydroxyl groups excluding tert-OH is 8. The number of ether oxygens (including phenoxy) is 9. The van der Waals surface area contributed by atoms with E-state index >= 15 is 0 Å². The zero-order valence-corrected chi connectivity index (χ0v) is 49.7. The Morgan fingerprint density at radius 3 is 1.46 bits per heavy atom. The summed E-state index contributed by atoms with van der Waals surface area (Å²) in [6.07, 6.45) is -34.2. The van der Waals surface area contributed by atoms with Crippen LogP contribution in [0.3, 0.4) is 0 Å². The highest BCUT2D eigenvalue weighted by molar-refractivity contribution is 5.91. The molecule has 514 valence electrons. The highest BCUT2D eigenvalue weighted by atomic mass is 16.8. The molecule has 6 amide bonds. The Morgan fingerprint density at radius 2 is 0.933 bits per heavy atom. The maximum atomic E-state index is 13.8. The summed E-state index contributed by atoms with van der Waals surface area (Å²) in [5, 5.41) is 139. The van der Waals surface area contributed by atoms with Crippen LogP contribution in [0.1, 0.15) is 73.6 Å². The fourth-order valence-corrected chi connectivity index (χ4v) is 10.1. The van der Waals surface area contributed by atoms with E-state index in [2.05, 4.69) is 31.9 Å². The molecule has 4 saturated heterocycles. The molecule has 26 unspecified atom stereocenters. The first kappa shape index (κ1) is 76.4. The van der Waals surface area contributed by atoms with Gasteiger partial charge >= 0.3 is 23.9 Å². The number of carboxylic acid groups (broad SMARTS) is 4. The van der Waals surface area contributed by atoms with Gasteiger partial charge in [-0.1, -0.05) is 0 Å². The van der Waals surface area contributed by atoms with E-state index in [0.717, 1.165) is 41.5 Å². The molecule has 0 aliphatic carbocycles. The van der Waals surface area contributed by atoms with Crippen molar-refractivity contribution < 1.29 is 152 Å². The average molecular weight is 1310 g/mol. The second-order valence-corrected chi connectivity index (χ2v) is 21.8. The van der Waals surface area contributed by atoms with Crippen LogP contribution in [-0.4, -0.2) is 306 Å². The average Bonchev–Trinajstić information content (AvgIpc) is 0.783. The topological polar surface area (TPSA) is 621 Å². The van der Waals surface area contributed by atoms with E-state index in [4.69, 9.17) is 59.2 Å². The van der Waals surface area contributed by atoms with Gasteiger partial charge in [-0.25, -0.2) is 14.4 Å². The quantitative estimate of drug-likeness (QED) is 0.0290. The van der Waals surface area contributed by atoms with E-state index in [-0.39, 0.29) is 19.3 Å². The van der Waals surface area contributed by atoms with Crippen molar-refractivity contribution in [2.45, 2.75) is 233 Å². The fourth-order valence-electron chi connectivity index (χ4n) is 10.1. The smallest absolute Gasteiger partial charge is 0.332 e. The van der Waals surface area contributed by atoms with Gasteiger partial charge in [0.1, 0.15) is 122 Å². The third-order valence-electron chi connectivity index (χ3n) is 14.9. The maximum Gasteiger partial charge on any atom is 0.332 e. The number of rotatable bonds is 33. The Morgan fingerprint density at radius 1 is 0.478 bits per heavy atom. The van der Waals surface area contributed by atoms with Gasteiger partial charge in [0.25, 0.3) is 0 Å². The van der Waals surface area contributed by atoms with Gasteiger partial charge in [-0.15, -0.1) is 0 Å². The second kappa shape index (κ2) is 35.1. The molecule has 0 bridgehead atoms. The van der Waals surface area contributed by atoms with Gasteiger partial charge in [0.2, 0.25) is 35.4 Å². The molecule has 39 heteroatoms. The third-order valence-corrected chi connectivity index (χ3v) is 14.9. The number of aliphatic carboxylic acids is 4. The number of nitrogens with two attached hydrogens (primary N) is 2. The van der Waals surface area contributed by atoms with E-state index < -0.39 is 258 Å². The minimum absolute atomic E-state index is 0.00956. The van der Waals surface area contributed by atoms with Gasteiger partial charge in [0, 0.05) is 27.2 Å². The SMILES string of the molecule is CC(=O)NC1C(OC2C(CO)OC(O)C(NC(C)=O)C2OC(C)C(=O)NC(C)C(=O)NC(CCC(=O)NC(CCCC(N)C(=O)O)C(=O)O)C(=O)O)OC(CO)C(OC2OC(CO)C(OC3OC(CO)C(O)C(O)C3N)C(OC(C)C(=O)O)C2NC(C)=O)C1O. The molecule has 0 saturated carbocycles. The number of carboxylic acids is 4. The van der Waals surface area contributed by atoms with Gasteiger partial charge < -0.3 is 147 Å². The molecule has 4 heterocycles. The standard InChI is InChI=1S/C51H84N8O31/c1-16(42(71)59-24(47(79)80)10-11-29(67)58-23(46(77)78)9-7-8-22(52)45(75)76)54-43(72)17(2)82-40-32(56-20(5)65)48(81)84-27(14-62)38(40)90-50-31(55-19(4)64)36(70)37(26(13-61)86-50)88-51-33(57-21(6)66)41(83-18(3)44(73)74)39(28(15-63)87-51)89-49-30(53)35(69)34(68)25(12-60)85-49/h16-18,22-28,30-41,48-51,60-63,68-70,81H,7-15,52-53H2,1-6H3,(H,54,72)(H,55,64)(H,56,65)(H,57,66)(H,58,67)(H,59,71)(H,73,74)(H,75,76)(H,77,78)(H,79,80). The Kier molecular flexibility index (Phi) is 29.8. The van der Waals surface area contributed by atoms with E-state index in [9.17, 15) is 104 Å². The summed E-state index contributed by atoms with van der Waals surface area (Å²) >= 11 is 0. The third kappa shape index (κ3) is 20.7. The molecule has 4 fully saturated rings. The molecule has 4 aliphatic rings. The first-order valence-electron chi connectivity index (χ1n) is 28.4. The first-order valence-corrected chi connectivity index (χ1v) is 28.4. The van der Waals surface area contributed by atoms with Crippen molar-refractivity contribution in [2.75, 3.05) is 26.4 Å². The van der Waals surface area contributed by atoms with Crippen LogP contribution < -0.4 is 43.4 Å². The number of amides is 6. The van der Waals surface area contributed by atoms with Crippen LogP contribution in [0.15, 0.2) is 0 Å². The van der Waals surface area contributed by atoms with Crippen molar-refractivity contribution in [1.29, 1.82) is 0 Å². The Hall–Kier alpha value is -6.06. The number of nitrogens with one attached hydrogen (secondary N) is 6. The van der Waals surface area contributed by atoms with Crippen LogP contribution in [0.4, 0.5) is 0 Å². The van der Waals surface area contributed by atoms with E-state index in [1.54, 1.807) is 0 Å². The predicted molar refractivity (Wildman–Crippen MR) is 290 cm³/mol. The largest absolute Gasteiger partial charge is 0.480 e. The fraction of sp³-hybridized carbons (Fsp3) is 0.804. The zero-order valence-electron chi connectivity index (χ0n) is 49.7. The maximum absolute atomic E-state index is 13.8. The molecule has 22 N–H and O–H groups in total. The lowest BCUT2D eigenvalue weighted by molar-refractivity contribution is -0.365. The molecular formula is C51H84N8O31. The number of hydrogen-bond acceptors (Lipinski definition) is 29. The summed E-state index contributed by atoms with van der Waals surface area (Å²) < 4.78 is 54.0. The number of carbonyl (C=O) groups excluding carboxylic acids is 6. The molecular weight excluding hydrogens is 1220 g/mol. The van der Waals surface area contributed by atoms with Crippen molar-refractivity contribution in [3.63, 3.8) is 0 Å². The summed E-state index contributed by atoms with van der Waals surface area (Å²) in [6, 6.07) is -13.0. The van der Waals surface area contributed by atoms with Gasteiger partial charge in [0.15, 0.2) is 31.3 Å². The zero-order chi connectivity index (χ0) is 67.8. The molecule has 26 atom stereocenters.